The van der Waals surface area contributed by atoms with E-state index in [1.54, 1.807) is 12.3 Å². The van der Waals surface area contributed by atoms with Crippen molar-refractivity contribution in [1.82, 2.24) is 9.88 Å². The molecule has 1 N–H and O–H groups in total. The molecule has 1 saturated heterocycles. The number of amides is 1. The van der Waals surface area contributed by atoms with Crippen molar-refractivity contribution in [1.29, 1.82) is 0 Å². The van der Waals surface area contributed by atoms with E-state index < -0.39 is 5.97 Å². The van der Waals surface area contributed by atoms with E-state index in [-0.39, 0.29) is 18.2 Å². The van der Waals surface area contributed by atoms with Gasteiger partial charge in [-0.25, -0.2) is 4.98 Å². The van der Waals surface area contributed by atoms with Gasteiger partial charge in [-0.15, -0.1) is 11.3 Å². The van der Waals surface area contributed by atoms with Crippen molar-refractivity contribution >= 4 is 34.8 Å². The number of carbonyl (C=O) groups excluding carboxylic acids is 1. The number of likely N-dealkylation sites (tertiary alicyclic amines) is 1. The number of piperidine rings is 1. The standard InChI is InChI=1S/C18H19ClN2O3S/c19-14-6-2-1-5-13(14)17-20-10-15(25-17)18(24)21-9-3-4-12(11-21)7-8-16(22)23/h1-2,5-6,10,12H,3-4,7-9,11H2,(H,22,23)/t12-/m0/s1. The fourth-order valence-corrected chi connectivity index (χ4v) is 4.31. The minimum Gasteiger partial charge on any atom is -0.481 e. The second-order valence-electron chi connectivity index (χ2n) is 6.20. The lowest BCUT2D eigenvalue weighted by Crippen LogP contribution is -2.39. The molecule has 0 radical (unpaired) electrons. The lowest BCUT2D eigenvalue weighted by atomic mass is 9.93. The van der Waals surface area contributed by atoms with Gasteiger partial charge in [0.25, 0.3) is 5.91 Å². The third kappa shape index (κ3) is 4.38. The van der Waals surface area contributed by atoms with Gasteiger partial charge in [0.1, 0.15) is 9.88 Å². The summed E-state index contributed by atoms with van der Waals surface area (Å²) in [5.74, 6) is -0.559. The summed E-state index contributed by atoms with van der Waals surface area (Å²) in [5.41, 5.74) is 0.825. The number of carboxylic acid groups (broad SMARTS) is 1. The summed E-state index contributed by atoms with van der Waals surface area (Å²) >= 11 is 7.54. The zero-order valence-corrected chi connectivity index (χ0v) is 15.2. The van der Waals surface area contributed by atoms with Crippen LogP contribution in [0.2, 0.25) is 5.02 Å². The molecule has 1 aromatic heterocycles. The lowest BCUT2D eigenvalue weighted by Gasteiger charge is -2.32. The number of thiazole rings is 1. The minimum absolute atomic E-state index is 0.0316. The Labute approximate surface area is 155 Å². The van der Waals surface area contributed by atoms with Crippen LogP contribution in [0.5, 0.6) is 0 Å². The van der Waals surface area contributed by atoms with Gasteiger partial charge in [0.2, 0.25) is 0 Å². The van der Waals surface area contributed by atoms with E-state index in [0.29, 0.717) is 29.4 Å². The molecule has 0 saturated carbocycles. The second-order valence-corrected chi connectivity index (χ2v) is 7.64. The summed E-state index contributed by atoms with van der Waals surface area (Å²) < 4.78 is 0. The topological polar surface area (TPSA) is 70.5 Å². The normalized spacial score (nSPS) is 17.5. The van der Waals surface area contributed by atoms with E-state index in [9.17, 15) is 9.59 Å². The SMILES string of the molecule is O=C(O)CC[C@@H]1CCCN(C(=O)c2cnc(-c3ccccc3Cl)s2)C1. The first-order valence-corrected chi connectivity index (χ1v) is 9.46. The number of benzene rings is 1. The van der Waals surface area contributed by atoms with Gasteiger partial charge >= 0.3 is 5.97 Å². The van der Waals surface area contributed by atoms with Gasteiger partial charge < -0.3 is 10.0 Å². The van der Waals surface area contributed by atoms with Crippen LogP contribution in [-0.2, 0) is 4.79 Å². The lowest BCUT2D eigenvalue weighted by molar-refractivity contribution is -0.137. The number of halogens is 1. The van der Waals surface area contributed by atoms with Crippen molar-refractivity contribution in [3.05, 3.63) is 40.4 Å². The predicted octanol–water partition coefficient (Wildman–Crippen LogP) is 4.18. The van der Waals surface area contributed by atoms with E-state index in [4.69, 9.17) is 16.7 Å². The van der Waals surface area contributed by atoms with Gasteiger partial charge in [0, 0.05) is 25.1 Å². The molecule has 0 bridgehead atoms. The van der Waals surface area contributed by atoms with Crippen LogP contribution in [0.25, 0.3) is 10.6 Å². The Hall–Kier alpha value is -1.92. The summed E-state index contributed by atoms with van der Waals surface area (Å²) in [4.78, 5) is 30.3. The summed E-state index contributed by atoms with van der Waals surface area (Å²) in [6.07, 6.45) is 4.26. The number of hydrogen-bond acceptors (Lipinski definition) is 4. The summed E-state index contributed by atoms with van der Waals surface area (Å²) in [5, 5.41) is 10.2. The van der Waals surface area contributed by atoms with Crippen LogP contribution < -0.4 is 0 Å². The molecule has 1 fully saturated rings. The van der Waals surface area contributed by atoms with Gasteiger partial charge in [0.15, 0.2) is 0 Å². The summed E-state index contributed by atoms with van der Waals surface area (Å²) in [6, 6.07) is 7.44. The fraction of sp³-hybridized carbons (Fsp3) is 0.389. The third-order valence-corrected chi connectivity index (χ3v) is 5.74. The molecule has 1 amide bonds. The highest BCUT2D eigenvalue weighted by molar-refractivity contribution is 7.17. The van der Waals surface area contributed by atoms with E-state index in [1.165, 1.54) is 11.3 Å². The van der Waals surface area contributed by atoms with Crippen LogP contribution in [-0.4, -0.2) is 40.0 Å². The number of hydrogen-bond donors (Lipinski definition) is 1. The van der Waals surface area contributed by atoms with Crippen molar-refractivity contribution in [2.45, 2.75) is 25.7 Å². The molecule has 3 rings (SSSR count). The number of aliphatic carboxylic acids is 1. The number of carbonyl (C=O) groups is 2. The average molecular weight is 379 g/mol. The third-order valence-electron chi connectivity index (χ3n) is 4.39. The molecule has 2 aromatic rings. The monoisotopic (exact) mass is 378 g/mol. The zero-order valence-electron chi connectivity index (χ0n) is 13.7. The fourth-order valence-electron chi connectivity index (χ4n) is 3.10. The van der Waals surface area contributed by atoms with Crippen LogP contribution in [0, 0.1) is 5.92 Å². The van der Waals surface area contributed by atoms with Crippen LogP contribution in [0.4, 0.5) is 0 Å². The highest BCUT2D eigenvalue weighted by Gasteiger charge is 2.26. The largest absolute Gasteiger partial charge is 0.481 e. The Morgan fingerprint density at radius 1 is 1.36 bits per heavy atom. The predicted molar refractivity (Wildman–Crippen MR) is 98.1 cm³/mol. The zero-order chi connectivity index (χ0) is 17.8. The Morgan fingerprint density at radius 2 is 2.16 bits per heavy atom. The van der Waals surface area contributed by atoms with Crippen molar-refractivity contribution in [2.75, 3.05) is 13.1 Å². The molecule has 132 valence electrons. The van der Waals surface area contributed by atoms with Crippen LogP contribution in [0.3, 0.4) is 0 Å². The average Bonchev–Trinajstić information content (AvgIpc) is 3.10. The first kappa shape index (κ1) is 17.9. The van der Waals surface area contributed by atoms with Crippen LogP contribution in [0.1, 0.15) is 35.4 Å². The molecule has 25 heavy (non-hydrogen) atoms. The van der Waals surface area contributed by atoms with Crippen molar-refractivity contribution in [3.63, 3.8) is 0 Å². The highest BCUT2D eigenvalue weighted by atomic mass is 35.5. The van der Waals surface area contributed by atoms with E-state index >= 15 is 0 Å². The maximum absolute atomic E-state index is 12.8. The molecular formula is C18H19ClN2O3S. The van der Waals surface area contributed by atoms with Gasteiger partial charge in [-0.1, -0.05) is 29.8 Å². The Balaban J connectivity index is 1.69. The molecular weight excluding hydrogens is 360 g/mol. The number of aromatic nitrogens is 1. The smallest absolute Gasteiger partial charge is 0.303 e. The highest BCUT2D eigenvalue weighted by Crippen LogP contribution is 2.32. The quantitative estimate of drug-likeness (QED) is 0.847. The molecule has 1 aliphatic heterocycles. The van der Waals surface area contributed by atoms with Gasteiger partial charge in [-0.2, -0.15) is 0 Å². The van der Waals surface area contributed by atoms with Crippen molar-refractivity contribution in [3.8, 4) is 10.6 Å². The van der Waals surface area contributed by atoms with Gasteiger partial charge in [-0.05, 0) is 31.2 Å². The molecule has 2 heterocycles. The summed E-state index contributed by atoms with van der Waals surface area (Å²) in [6.45, 7) is 1.33. The molecule has 1 aliphatic rings. The molecule has 1 aromatic carbocycles. The van der Waals surface area contributed by atoms with Gasteiger partial charge in [0.05, 0.1) is 11.2 Å². The minimum atomic E-state index is -0.782. The van der Waals surface area contributed by atoms with Crippen LogP contribution in [0.15, 0.2) is 30.5 Å². The van der Waals surface area contributed by atoms with E-state index in [2.05, 4.69) is 4.98 Å². The first-order chi connectivity index (χ1) is 12.0. The molecule has 0 spiro atoms. The number of carboxylic acids is 1. The maximum atomic E-state index is 12.8. The second kappa shape index (κ2) is 7.97. The molecule has 1 atom stereocenters. The molecule has 7 heteroatoms. The van der Waals surface area contributed by atoms with Crippen LogP contribution >= 0.6 is 22.9 Å². The maximum Gasteiger partial charge on any atom is 0.303 e. The number of nitrogens with zero attached hydrogens (tertiary/aromatic N) is 2. The van der Waals surface area contributed by atoms with E-state index in [0.717, 1.165) is 23.4 Å². The Kier molecular flexibility index (Phi) is 5.71. The summed E-state index contributed by atoms with van der Waals surface area (Å²) in [7, 11) is 0. The van der Waals surface area contributed by atoms with Crippen molar-refractivity contribution < 1.29 is 14.7 Å². The molecule has 0 aliphatic carbocycles. The van der Waals surface area contributed by atoms with Gasteiger partial charge in [-0.3, -0.25) is 9.59 Å². The number of rotatable bonds is 5. The molecule has 5 nitrogen and oxygen atoms in total. The first-order valence-electron chi connectivity index (χ1n) is 8.26. The molecule has 0 unspecified atom stereocenters. The van der Waals surface area contributed by atoms with E-state index in [1.807, 2.05) is 23.1 Å². The Morgan fingerprint density at radius 3 is 2.92 bits per heavy atom. The Bertz CT molecular complexity index is 777. The van der Waals surface area contributed by atoms with Crippen molar-refractivity contribution in [2.24, 2.45) is 5.92 Å².